The molecule has 0 aliphatic rings. The second-order valence-electron chi connectivity index (χ2n) is 3.99. The van der Waals surface area contributed by atoms with E-state index in [4.69, 9.17) is 10.8 Å². The molecule has 3 N–H and O–H groups in total. The van der Waals surface area contributed by atoms with Crippen molar-refractivity contribution in [3.63, 3.8) is 0 Å². The Morgan fingerprint density at radius 1 is 1.11 bits per heavy atom. The van der Waals surface area contributed by atoms with Gasteiger partial charge in [0.05, 0.1) is 6.42 Å². The molecule has 0 unspecified atom stereocenters. The molecule has 5 nitrogen and oxygen atoms in total. The third-order valence-corrected chi connectivity index (χ3v) is 2.49. The van der Waals surface area contributed by atoms with Gasteiger partial charge in [-0.1, -0.05) is 24.3 Å². The molecule has 1 rings (SSSR count). The van der Waals surface area contributed by atoms with Gasteiger partial charge in [0.15, 0.2) is 0 Å². The number of carboxylic acids is 1. The topological polar surface area (TPSA) is 90.2 Å². The van der Waals surface area contributed by atoms with Crippen LogP contribution in [0, 0.1) is 0 Å². The van der Waals surface area contributed by atoms with E-state index in [0.717, 1.165) is 17.5 Å². The van der Waals surface area contributed by atoms with Crippen LogP contribution in [0.15, 0.2) is 24.3 Å². The molecule has 0 fully saturated rings. The van der Waals surface area contributed by atoms with E-state index in [9.17, 15) is 9.59 Å². The smallest absolute Gasteiger partial charge is 0.303 e. The quantitative estimate of drug-likeness (QED) is 0.591. The summed E-state index contributed by atoms with van der Waals surface area (Å²) in [6, 6.07) is 7.69. The molecule has 19 heavy (non-hydrogen) atoms. The Balaban J connectivity index is 0.00000324. The van der Waals surface area contributed by atoms with E-state index in [1.807, 2.05) is 24.3 Å². The fraction of sp³-hybridized carbons (Fsp3) is 0.385. The molecule has 0 radical (unpaired) electrons. The average molecular weight is 506 g/mol. The summed E-state index contributed by atoms with van der Waals surface area (Å²) < 4.78 is 0. The van der Waals surface area contributed by atoms with Crippen molar-refractivity contribution in [3.05, 3.63) is 41.1 Å². The van der Waals surface area contributed by atoms with Gasteiger partial charge in [0.1, 0.15) is 0 Å². The SMILES string of the molecule is [Fm].[NH-]CCc1ccc(CNC(=O)CCC(=O)O)cc1. The summed E-state index contributed by atoms with van der Waals surface area (Å²) in [7, 11) is 0. The van der Waals surface area contributed by atoms with Crippen molar-refractivity contribution in [1.82, 2.24) is 5.32 Å². The zero-order valence-corrected chi connectivity index (χ0v) is 12.8. The van der Waals surface area contributed by atoms with E-state index in [1.165, 1.54) is 0 Å². The molecule has 6 heteroatoms. The van der Waals surface area contributed by atoms with Gasteiger partial charge in [-0.05, 0) is 17.5 Å². The predicted octanol–water partition coefficient (Wildman–Crippen LogP) is 1.76. The van der Waals surface area contributed by atoms with Crippen molar-refractivity contribution in [1.29, 1.82) is 0 Å². The van der Waals surface area contributed by atoms with Gasteiger partial charge in [0, 0.05) is 13.0 Å². The van der Waals surface area contributed by atoms with E-state index in [-0.39, 0.29) is 18.7 Å². The van der Waals surface area contributed by atoms with Crippen LogP contribution < -0.4 is 5.32 Å². The minimum Gasteiger partial charge on any atom is -0.677 e. The summed E-state index contributed by atoms with van der Waals surface area (Å²) >= 11 is 0. The van der Waals surface area contributed by atoms with Gasteiger partial charge < -0.3 is 16.2 Å². The zero-order valence-electron chi connectivity index (χ0n) is 10.4. The standard InChI is InChI=1S/C13H17N2O3.Fm/c14-8-7-10-1-3-11(4-2-10)9-15-12(16)5-6-13(17)18;/h1-4,14H,5-9H2,(H,15,16)(H,17,18);/q-1;. The van der Waals surface area contributed by atoms with Gasteiger partial charge in [0.25, 0.3) is 0 Å². The fourth-order valence-corrected chi connectivity index (χ4v) is 1.48. The second kappa shape index (κ2) is 8.25. The first-order valence-corrected chi connectivity index (χ1v) is 5.82. The molecule has 0 atom stereocenters. The van der Waals surface area contributed by atoms with Gasteiger partial charge >= 0.3 is 5.97 Å². The Kier molecular flexibility index (Phi) is 7.00. The Morgan fingerprint density at radius 2 is 1.68 bits per heavy atom. The first kappa shape index (κ1) is 16.1. The number of hydrogen-bond donors (Lipinski definition) is 2. The number of carbonyl (C=O) groups excluding carboxylic acids is 1. The number of hydrogen-bond acceptors (Lipinski definition) is 2. The number of carboxylic acid groups (broad SMARTS) is 1. The molecule has 1 aromatic rings. The summed E-state index contributed by atoms with van der Waals surface area (Å²) in [5, 5.41) is 11.1. The number of rotatable bonds is 7. The van der Waals surface area contributed by atoms with Crippen molar-refractivity contribution < 1.29 is 14.7 Å². The maximum atomic E-state index is 11.3. The summed E-state index contributed by atoms with van der Waals surface area (Å²) in [4.78, 5) is 21.6. The van der Waals surface area contributed by atoms with E-state index in [1.54, 1.807) is 0 Å². The van der Waals surface area contributed by atoms with Crippen LogP contribution in [-0.2, 0) is 22.6 Å². The van der Waals surface area contributed by atoms with Gasteiger partial charge in [0.2, 0.25) is 5.91 Å². The number of nitrogens with one attached hydrogen (secondary N) is 2. The largest absolute Gasteiger partial charge is 0.677 e. The molecular formula is C13H17FmN2O3-. The van der Waals surface area contributed by atoms with E-state index >= 15 is 0 Å². The molecule has 0 heterocycles. The Bertz CT molecular complexity index is 407. The molecule has 0 aliphatic heterocycles. The molecule has 110 valence electrons. The van der Waals surface area contributed by atoms with Crippen molar-refractivity contribution >= 4 is 11.9 Å². The normalized spacial score (nSPS) is 9.53. The molecule has 0 saturated heterocycles. The molecule has 1 amide bonds. The minimum absolute atomic E-state index is 0. The van der Waals surface area contributed by atoms with Crippen molar-refractivity contribution in [2.24, 2.45) is 0 Å². The minimum atomic E-state index is -0.968. The zero-order chi connectivity index (χ0) is 13.4. The number of benzene rings is 1. The van der Waals surface area contributed by atoms with Crippen molar-refractivity contribution in [2.45, 2.75) is 25.8 Å². The van der Waals surface area contributed by atoms with E-state index in [2.05, 4.69) is 5.32 Å². The molecule has 0 aromatic heterocycles. The van der Waals surface area contributed by atoms with Crippen LogP contribution in [0.1, 0.15) is 24.0 Å². The van der Waals surface area contributed by atoms with Crippen LogP contribution in [0.3, 0.4) is 0 Å². The average Bonchev–Trinajstić information content (AvgIpc) is 2.36. The number of carbonyl (C=O) groups is 2. The summed E-state index contributed by atoms with van der Waals surface area (Å²) in [5.74, 6) is -1.22. The predicted molar refractivity (Wildman–Crippen MR) is 68.1 cm³/mol. The third-order valence-electron chi connectivity index (χ3n) is 2.49. The third kappa shape index (κ3) is 6.43. The molecule has 0 aliphatic carbocycles. The Labute approximate surface area is 106 Å². The Hall–Kier alpha value is -2.88. The molecule has 0 spiro atoms. The van der Waals surface area contributed by atoms with Gasteiger partial charge in [-0.3, -0.25) is 9.59 Å². The van der Waals surface area contributed by atoms with E-state index in [0.29, 0.717) is 13.1 Å². The van der Waals surface area contributed by atoms with Crippen LogP contribution in [0.2, 0.25) is 0 Å². The first-order chi connectivity index (χ1) is 8.61. The monoisotopic (exact) mass is 506 g/mol. The van der Waals surface area contributed by atoms with Gasteiger partial charge in [-0.2, -0.15) is 0 Å². The van der Waals surface area contributed by atoms with Crippen LogP contribution in [0.4, 0.5) is 0 Å². The molecule has 1 aromatic carbocycles. The van der Waals surface area contributed by atoms with Crippen LogP contribution in [0.25, 0.3) is 5.73 Å². The second-order valence-corrected chi connectivity index (χ2v) is 3.99. The van der Waals surface area contributed by atoms with Crippen molar-refractivity contribution in [3.8, 4) is 0 Å². The van der Waals surface area contributed by atoms with Crippen LogP contribution in [0.5, 0.6) is 0 Å². The summed E-state index contributed by atoms with van der Waals surface area (Å²) in [5.41, 5.74) is 9.17. The Morgan fingerprint density at radius 3 is 2.21 bits per heavy atom. The van der Waals surface area contributed by atoms with Gasteiger partial charge in [-0.15, -0.1) is 6.54 Å². The fourth-order valence-electron chi connectivity index (χ4n) is 1.48. The molecular weight excluding hydrogens is 489 g/mol. The molecule has 0 saturated carbocycles. The van der Waals surface area contributed by atoms with Crippen LogP contribution in [-0.4, -0.2) is 23.5 Å². The summed E-state index contributed by atoms with van der Waals surface area (Å²) in [6.45, 7) is 0.769. The number of amides is 1. The summed E-state index contributed by atoms with van der Waals surface area (Å²) in [6.07, 6.45) is 0.589. The maximum Gasteiger partial charge on any atom is 0.303 e. The van der Waals surface area contributed by atoms with E-state index < -0.39 is 5.97 Å². The van der Waals surface area contributed by atoms with Crippen LogP contribution >= 0.6 is 0 Å². The number of aliphatic carboxylic acids is 1. The maximum absolute atomic E-state index is 11.3. The first-order valence-electron chi connectivity index (χ1n) is 5.82. The van der Waals surface area contributed by atoms with Gasteiger partial charge in [-0.25, -0.2) is 0 Å². The molecule has 0 bridgehead atoms. The van der Waals surface area contributed by atoms with Crippen molar-refractivity contribution in [2.75, 3.05) is 6.54 Å².